The van der Waals surface area contributed by atoms with Crippen LogP contribution in [-0.4, -0.2) is 49.1 Å². The van der Waals surface area contributed by atoms with Gasteiger partial charge < -0.3 is 15.1 Å². The lowest BCUT2D eigenvalue weighted by Gasteiger charge is -2.45. The van der Waals surface area contributed by atoms with Crippen LogP contribution in [-0.2, 0) is 6.54 Å². The number of benzene rings is 3. The first kappa shape index (κ1) is 21.5. The Morgan fingerprint density at radius 1 is 0.909 bits per heavy atom. The molecule has 2 heterocycles. The molecule has 1 unspecified atom stereocenters. The summed E-state index contributed by atoms with van der Waals surface area (Å²) in [5.74, 6) is 0. The number of anilines is 2. The number of likely N-dealkylation sites (tertiary alicyclic amines) is 1. The van der Waals surface area contributed by atoms with Crippen molar-refractivity contribution in [2.45, 2.75) is 31.5 Å². The van der Waals surface area contributed by atoms with Gasteiger partial charge >= 0.3 is 6.03 Å². The number of hydrogen-bond acceptors (Lipinski definition) is 3. The quantitative estimate of drug-likeness (QED) is 0.581. The fourth-order valence-corrected chi connectivity index (χ4v) is 5.20. The molecule has 1 fully saturated rings. The molecule has 33 heavy (non-hydrogen) atoms. The van der Waals surface area contributed by atoms with Crippen LogP contribution in [0.4, 0.5) is 16.2 Å². The van der Waals surface area contributed by atoms with Gasteiger partial charge in [-0.05, 0) is 42.2 Å². The monoisotopic (exact) mass is 440 g/mol. The van der Waals surface area contributed by atoms with Crippen molar-refractivity contribution in [3.8, 4) is 0 Å². The minimum atomic E-state index is -0.0514. The van der Waals surface area contributed by atoms with Gasteiger partial charge in [-0.15, -0.1) is 0 Å². The number of nitrogens with zero attached hydrogens (tertiary/aromatic N) is 3. The second kappa shape index (κ2) is 9.28. The van der Waals surface area contributed by atoms with Crippen molar-refractivity contribution in [1.29, 1.82) is 0 Å². The Bertz CT molecular complexity index is 1110. The molecule has 170 valence electrons. The molecule has 0 aromatic heterocycles. The number of hydrogen-bond donors (Lipinski definition) is 1. The average Bonchev–Trinajstić information content (AvgIpc) is 2.84. The van der Waals surface area contributed by atoms with E-state index < -0.39 is 0 Å². The van der Waals surface area contributed by atoms with E-state index in [-0.39, 0.29) is 18.1 Å². The van der Waals surface area contributed by atoms with Crippen molar-refractivity contribution in [2.75, 3.05) is 37.4 Å². The smallest absolute Gasteiger partial charge is 0.322 e. The maximum Gasteiger partial charge on any atom is 0.322 e. The summed E-state index contributed by atoms with van der Waals surface area (Å²) >= 11 is 0. The highest BCUT2D eigenvalue weighted by atomic mass is 16.2. The van der Waals surface area contributed by atoms with Crippen molar-refractivity contribution in [1.82, 2.24) is 9.80 Å². The van der Waals surface area contributed by atoms with E-state index in [2.05, 4.69) is 94.8 Å². The predicted molar refractivity (Wildman–Crippen MR) is 135 cm³/mol. The molecule has 5 heteroatoms. The Labute approximate surface area is 196 Å². The summed E-state index contributed by atoms with van der Waals surface area (Å²) in [6.45, 7) is 2.93. The number of para-hydroxylation sites is 1. The average molecular weight is 441 g/mol. The second-order valence-electron chi connectivity index (χ2n) is 9.31. The molecule has 0 aliphatic carbocycles. The maximum atomic E-state index is 13.3. The number of nitrogens with one attached hydrogen (secondary N) is 1. The molecule has 2 aliphatic rings. The summed E-state index contributed by atoms with van der Waals surface area (Å²) in [5.41, 5.74) is 5.84. The Kier molecular flexibility index (Phi) is 6.05. The molecule has 2 aliphatic heterocycles. The summed E-state index contributed by atoms with van der Waals surface area (Å²) in [6, 6.07) is 27.6. The van der Waals surface area contributed by atoms with Crippen molar-refractivity contribution < 1.29 is 4.79 Å². The van der Waals surface area contributed by atoms with Crippen LogP contribution in [0.15, 0.2) is 78.9 Å². The van der Waals surface area contributed by atoms with E-state index in [0.717, 1.165) is 38.2 Å². The van der Waals surface area contributed by atoms with Crippen LogP contribution >= 0.6 is 0 Å². The summed E-state index contributed by atoms with van der Waals surface area (Å²) in [6.07, 6.45) is 1.96. The molecule has 2 amide bonds. The fraction of sp³-hybridized carbons (Fsp3) is 0.321. The first-order valence-corrected chi connectivity index (χ1v) is 11.8. The van der Waals surface area contributed by atoms with Crippen LogP contribution in [0.3, 0.4) is 0 Å². The first-order valence-electron chi connectivity index (χ1n) is 11.8. The molecular formula is C28H32N4O. The molecule has 0 spiro atoms. The van der Waals surface area contributed by atoms with E-state index >= 15 is 0 Å². The summed E-state index contributed by atoms with van der Waals surface area (Å²) in [4.78, 5) is 20.1. The van der Waals surface area contributed by atoms with E-state index in [4.69, 9.17) is 0 Å². The zero-order chi connectivity index (χ0) is 22.8. The fourth-order valence-electron chi connectivity index (χ4n) is 5.20. The Balaban J connectivity index is 1.34. The van der Waals surface area contributed by atoms with E-state index in [0.29, 0.717) is 0 Å². The predicted octanol–water partition coefficient (Wildman–Crippen LogP) is 5.35. The number of carbonyl (C=O) groups is 1. The zero-order valence-electron chi connectivity index (χ0n) is 19.4. The van der Waals surface area contributed by atoms with Gasteiger partial charge in [-0.2, -0.15) is 0 Å². The minimum Gasteiger partial charge on any atom is -0.378 e. The third kappa shape index (κ3) is 4.46. The highest BCUT2D eigenvalue weighted by Gasteiger charge is 2.38. The minimum absolute atomic E-state index is 0.0136. The number of piperidine rings is 1. The SMILES string of the molecule is CN(C)c1cccc(CN2CCC(N3C(=O)Nc4ccccc4C3c3ccccc3)CC2)c1. The van der Waals surface area contributed by atoms with E-state index in [1.165, 1.54) is 22.4 Å². The Morgan fingerprint density at radius 3 is 2.39 bits per heavy atom. The third-order valence-electron chi connectivity index (χ3n) is 6.91. The summed E-state index contributed by atoms with van der Waals surface area (Å²) < 4.78 is 0. The molecule has 1 N–H and O–H groups in total. The standard InChI is InChI=1S/C28H32N4O/c1-30(2)24-12-8-9-21(19-24)20-31-17-15-23(16-18-31)32-27(22-10-4-3-5-11-22)25-13-6-7-14-26(25)29-28(32)33/h3-14,19,23,27H,15-18,20H2,1-2H3,(H,29,33). The third-order valence-corrected chi connectivity index (χ3v) is 6.91. The number of rotatable bonds is 5. The van der Waals surface area contributed by atoms with E-state index in [1.807, 2.05) is 18.2 Å². The van der Waals surface area contributed by atoms with Crippen LogP contribution in [0, 0.1) is 0 Å². The maximum absolute atomic E-state index is 13.3. The number of amides is 2. The highest BCUT2D eigenvalue weighted by molar-refractivity contribution is 5.93. The van der Waals surface area contributed by atoms with E-state index in [1.54, 1.807) is 0 Å². The van der Waals surface area contributed by atoms with Gasteiger partial charge in [0.1, 0.15) is 0 Å². The molecule has 3 aromatic rings. The topological polar surface area (TPSA) is 38.8 Å². The molecular weight excluding hydrogens is 408 g/mol. The van der Waals surface area contributed by atoms with Gasteiger partial charge in [0.2, 0.25) is 0 Å². The second-order valence-corrected chi connectivity index (χ2v) is 9.31. The van der Waals surface area contributed by atoms with E-state index in [9.17, 15) is 4.79 Å². The molecule has 1 saturated heterocycles. The van der Waals surface area contributed by atoms with Gasteiger partial charge in [-0.3, -0.25) is 4.90 Å². The lowest BCUT2D eigenvalue weighted by Crippen LogP contribution is -2.52. The molecule has 3 aromatic carbocycles. The first-order chi connectivity index (χ1) is 16.1. The highest BCUT2D eigenvalue weighted by Crippen LogP contribution is 2.40. The largest absolute Gasteiger partial charge is 0.378 e. The normalized spacial score (nSPS) is 19.2. The van der Waals surface area contributed by atoms with Crippen LogP contribution in [0.25, 0.3) is 0 Å². The van der Waals surface area contributed by atoms with Gasteiger partial charge in [0.25, 0.3) is 0 Å². The Hall–Kier alpha value is -3.31. The Morgan fingerprint density at radius 2 is 1.64 bits per heavy atom. The van der Waals surface area contributed by atoms with Crippen molar-refractivity contribution in [3.05, 3.63) is 95.6 Å². The van der Waals surface area contributed by atoms with Crippen LogP contribution in [0.5, 0.6) is 0 Å². The van der Waals surface area contributed by atoms with Crippen LogP contribution < -0.4 is 10.2 Å². The molecule has 5 nitrogen and oxygen atoms in total. The lowest BCUT2D eigenvalue weighted by molar-refractivity contribution is 0.106. The van der Waals surface area contributed by atoms with Crippen molar-refractivity contribution >= 4 is 17.4 Å². The summed E-state index contributed by atoms with van der Waals surface area (Å²) in [7, 11) is 4.16. The van der Waals surface area contributed by atoms with Crippen LogP contribution in [0.1, 0.15) is 35.6 Å². The molecule has 0 saturated carbocycles. The number of fused-ring (bicyclic) bond motifs is 1. The van der Waals surface area contributed by atoms with Gasteiger partial charge in [-0.25, -0.2) is 4.79 Å². The van der Waals surface area contributed by atoms with Crippen LogP contribution in [0.2, 0.25) is 0 Å². The lowest BCUT2D eigenvalue weighted by atomic mass is 9.90. The number of carbonyl (C=O) groups excluding carboxylic acids is 1. The van der Waals surface area contributed by atoms with Crippen molar-refractivity contribution in [2.24, 2.45) is 0 Å². The zero-order valence-corrected chi connectivity index (χ0v) is 19.4. The van der Waals surface area contributed by atoms with Gasteiger partial charge in [0, 0.05) is 56.7 Å². The van der Waals surface area contributed by atoms with Gasteiger partial charge in [0.15, 0.2) is 0 Å². The molecule has 0 radical (unpaired) electrons. The molecule has 0 bridgehead atoms. The summed E-state index contributed by atoms with van der Waals surface area (Å²) in [5, 5.41) is 3.14. The number of urea groups is 1. The van der Waals surface area contributed by atoms with Crippen molar-refractivity contribution in [3.63, 3.8) is 0 Å². The molecule has 5 rings (SSSR count). The van der Waals surface area contributed by atoms with Gasteiger partial charge in [0.05, 0.1) is 6.04 Å². The van der Waals surface area contributed by atoms with Gasteiger partial charge in [-0.1, -0.05) is 60.7 Å². The molecule has 1 atom stereocenters.